The Hall–Kier alpha value is -1.69. The summed E-state index contributed by atoms with van der Waals surface area (Å²) in [7, 11) is 0. The van der Waals surface area contributed by atoms with Gasteiger partial charge in [0.25, 0.3) is 11.5 Å². The third-order valence-electron chi connectivity index (χ3n) is 1.61. The van der Waals surface area contributed by atoms with Gasteiger partial charge in [-0.25, -0.2) is 4.98 Å². The summed E-state index contributed by atoms with van der Waals surface area (Å²) in [5.74, 6) is -0.752. The Morgan fingerprint density at radius 2 is 2.46 bits per heavy atom. The van der Waals surface area contributed by atoms with Gasteiger partial charge in [-0.1, -0.05) is 0 Å². The topological polar surface area (TPSA) is 77.5 Å². The highest BCUT2D eigenvalue weighted by molar-refractivity contribution is 7.15. The molecule has 1 amide bonds. The van der Waals surface area contributed by atoms with Gasteiger partial charge in [-0.05, 0) is 0 Å². The van der Waals surface area contributed by atoms with E-state index >= 15 is 0 Å². The second kappa shape index (κ2) is 2.67. The third-order valence-corrected chi connectivity index (χ3v) is 2.38. The van der Waals surface area contributed by atoms with E-state index in [1.54, 1.807) is 11.6 Å². The molecule has 2 heterocycles. The molecule has 0 atom stereocenters. The summed E-state index contributed by atoms with van der Waals surface area (Å²) in [4.78, 5) is 26.7. The van der Waals surface area contributed by atoms with E-state index in [9.17, 15) is 9.59 Å². The van der Waals surface area contributed by atoms with E-state index in [1.807, 2.05) is 0 Å². The highest BCUT2D eigenvalue weighted by atomic mass is 32.1. The van der Waals surface area contributed by atoms with E-state index in [0.29, 0.717) is 4.96 Å². The summed E-state index contributed by atoms with van der Waals surface area (Å²) in [6.07, 6.45) is 2.76. The molecule has 0 spiro atoms. The average molecular weight is 197 g/mol. The van der Waals surface area contributed by atoms with Crippen molar-refractivity contribution in [2.45, 2.75) is 0 Å². The van der Waals surface area contributed by atoms with Gasteiger partial charge in [0.15, 0.2) is 4.96 Å². The lowest BCUT2D eigenvalue weighted by Crippen LogP contribution is -2.25. The molecule has 68 valence electrons. The SMILES string of the molecule is NC(=O)c1cnc2sccn2c1=O.[HH]. The molecule has 0 aliphatic rings. The van der Waals surface area contributed by atoms with E-state index in [2.05, 4.69) is 4.98 Å². The number of carbonyl (C=O) groups excluding carboxylic acids is 1. The zero-order chi connectivity index (χ0) is 9.42. The number of carbonyl (C=O) groups is 1. The maximum atomic E-state index is 11.5. The fourth-order valence-electron chi connectivity index (χ4n) is 0.994. The molecule has 2 rings (SSSR count). The molecule has 0 aliphatic heterocycles. The molecule has 0 aliphatic carbocycles. The molecule has 0 aromatic carbocycles. The van der Waals surface area contributed by atoms with Crippen LogP contribution < -0.4 is 11.3 Å². The molecule has 0 unspecified atom stereocenters. The number of fused-ring (bicyclic) bond motifs is 1. The van der Waals surface area contributed by atoms with Crippen molar-refractivity contribution in [3.05, 3.63) is 33.7 Å². The first-order chi connectivity index (χ1) is 6.20. The van der Waals surface area contributed by atoms with Crippen LogP contribution in [0.25, 0.3) is 4.96 Å². The molecule has 13 heavy (non-hydrogen) atoms. The number of hydrogen-bond acceptors (Lipinski definition) is 4. The number of primary amides is 1. The maximum Gasteiger partial charge on any atom is 0.271 e. The fraction of sp³-hybridized carbons (Fsp3) is 0. The molecular weight excluding hydrogens is 190 g/mol. The van der Waals surface area contributed by atoms with E-state index in [4.69, 9.17) is 5.73 Å². The first kappa shape index (κ1) is 7.93. The number of rotatable bonds is 1. The van der Waals surface area contributed by atoms with Crippen molar-refractivity contribution in [3.63, 3.8) is 0 Å². The van der Waals surface area contributed by atoms with Crippen LogP contribution >= 0.6 is 11.3 Å². The number of hydrogen-bond donors (Lipinski definition) is 1. The van der Waals surface area contributed by atoms with Crippen molar-refractivity contribution in [1.29, 1.82) is 0 Å². The van der Waals surface area contributed by atoms with Crippen molar-refractivity contribution in [2.24, 2.45) is 5.73 Å². The average Bonchev–Trinajstić information content (AvgIpc) is 2.52. The Balaban J connectivity index is 0.000000980. The lowest BCUT2D eigenvalue weighted by molar-refractivity contribution is 0.0998. The van der Waals surface area contributed by atoms with E-state index in [0.717, 1.165) is 0 Å². The fourth-order valence-corrected chi connectivity index (χ4v) is 1.67. The summed E-state index contributed by atoms with van der Waals surface area (Å²) < 4.78 is 1.30. The summed E-state index contributed by atoms with van der Waals surface area (Å²) in [5, 5.41) is 1.72. The van der Waals surface area contributed by atoms with Gasteiger partial charge in [-0.15, -0.1) is 11.3 Å². The first-order valence-electron chi connectivity index (χ1n) is 3.45. The van der Waals surface area contributed by atoms with E-state index in [1.165, 1.54) is 21.9 Å². The van der Waals surface area contributed by atoms with Crippen molar-refractivity contribution in [1.82, 2.24) is 9.38 Å². The normalized spacial score (nSPS) is 10.5. The third kappa shape index (κ3) is 1.11. The number of thiazole rings is 1. The minimum Gasteiger partial charge on any atom is -0.365 e. The van der Waals surface area contributed by atoms with Gasteiger partial charge in [-0.2, -0.15) is 0 Å². The number of nitrogens with two attached hydrogens (primary N) is 1. The molecule has 0 fully saturated rings. The highest BCUT2D eigenvalue weighted by Crippen LogP contribution is 2.04. The predicted octanol–water partition coefficient (Wildman–Crippen LogP) is 0.101. The van der Waals surface area contributed by atoms with Gasteiger partial charge in [0, 0.05) is 19.2 Å². The molecule has 2 N–H and O–H groups in total. The first-order valence-corrected chi connectivity index (χ1v) is 4.33. The van der Waals surface area contributed by atoms with Crippen LogP contribution in [0.15, 0.2) is 22.6 Å². The van der Waals surface area contributed by atoms with Crippen molar-refractivity contribution < 1.29 is 6.22 Å². The quantitative estimate of drug-likeness (QED) is 0.704. The Labute approximate surface area is 77.9 Å². The predicted molar refractivity (Wildman–Crippen MR) is 50.0 cm³/mol. The van der Waals surface area contributed by atoms with Crippen LogP contribution in [0.1, 0.15) is 11.8 Å². The van der Waals surface area contributed by atoms with Crippen molar-refractivity contribution >= 4 is 22.2 Å². The molecular formula is C7H7N3O2S. The van der Waals surface area contributed by atoms with Gasteiger partial charge < -0.3 is 5.73 Å². The van der Waals surface area contributed by atoms with Gasteiger partial charge in [0.2, 0.25) is 0 Å². The van der Waals surface area contributed by atoms with E-state index < -0.39 is 11.5 Å². The minimum atomic E-state index is -0.752. The van der Waals surface area contributed by atoms with Gasteiger partial charge in [0.05, 0.1) is 0 Å². The molecule has 5 nitrogen and oxygen atoms in total. The highest BCUT2D eigenvalue weighted by Gasteiger charge is 2.09. The lowest BCUT2D eigenvalue weighted by atomic mass is 10.3. The molecule has 0 saturated heterocycles. The van der Waals surface area contributed by atoms with Crippen LogP contribution in [0.5, 0.6) is 0 Å². The van der Waals surface area contributed by atoms with Crippen LogP contribution in [-0.2, 0) is 0 Å². The number of amides is 1. The summed E-state index contributed by atoms with van der Waals surface area (Å²) in [6, 6.07) is 0. The summed E-state index contributed by atoms with van der Waals surface area (Å²) in [5.41, 5.74) is 4.48. The zero-order valence-corrected chi connectivity index (χ0v) is 7.25. The summed E-state index contributed by atoms with van der Waals surface area (Å²) in [6.45, 7) is 0. The minimum absolute atomic E-state index is 0. The van der Waals surface area contributed by atoms with Crippen molar-refractivity contribution in [3.8, 4) is 0 Å². The van der Waals surface area contributed by atoms with E-state index in [-0.39, 0.29) is 6.99 Å². The molecule has 0 saturated carbocycles. The van der Waals surface area contributed by atoms with Crippen LogP contribution in [0.3, 0.4) is 0 Å². The smallest absolute Gasteiger partial charge is 0.271 e. The van der Waals surface area contributed by atoms with Gasteiger partial charge in [0.1, 0.15) is 5.56 Å². The summed E-state index contributed by atoms with van der Waals surface area (Å²) >= 11 is 1.32. The van der Waals surface area contributed by atoms with Gasteiger partial charge >= 0.3 is 0 Å². The lowest BCUT2D eigenvalue weighted by Gasteiger charge is -1.94. The zero-order valence-electron chi connectivity index (χ0n) is 6.43. The molecule has 2 aromatic heterocycles. The molecule has 0 radical (unpaired) electrons. The van der Waals surface area contributed by atoms with Crippen LogP contribution in [0, 0.1) is 0 Å². The Kier molecular flexibility index (Phi) is 1.63. The maximum absolute atomic E-state index is 11.5. The largest absolute Gasteiger partial charge is 0.365 e. The second-order valence-electron chi connectivity index (χ2n) is 2.40. The Morgan fingerprint density at radius 1 is 1.69 bits per heavy atom. The van der Waals surface area contributed by atoms with Crippen LogP contribution in [0.2, 0.25) is 0 Å². The second-order valence-corrected chi connectivity index (χ2v) is 3.27. The Morgan fingerprint density at radius 3 is 3.15 bits per heavy atom. The van der Waals surface area contributed by atoms with Crippen LogP contribution in [-0.4, -0.2) is 15.3 Å². The molecule has 6 heteroatoms. The number of aromatic nitrogens is 2. The Bertz CT molecular complexity index is 533. The monoisotopic (exact) mass is 197 g/mol. The van der Waals surface area contributed by atoms with Crippen molar-refractivity contribution in [2.75, 3.05) is 0 Å². The standard InChI is InChI=1S/C7H5N3O2S.H2/c8-5(11)4-3-9-7-10(6(4)12)1-2-13-7;/h1-3H,(H2,8,11);1H. The molecule has 2 aromatic rings. The van der Waals surface area contributed by atoms with Crippen LogP contribution in [0.4, 0.5) is 0 Å². The van der Waals surface area contributed by atoms with Gasteiger partial charge in [-0.3, -0.25) is 14.0 Å². The molecule has 0 bridgehead atoms. The number of nitrogens with zero attached hydrogens (tertiary/aromatic N) is 2.